The Kier molecular flexibility index (Phi) is 5.92. The van der Waals surface area contributed by atoms with E-state index in [0.717, 1.165) is 12.1 Å². The van der Waals surface area contributed by atoms with Crippen molar-refractivity contribution in [1.82, 2.24) is 14.6 Å². The monoisotopic (exact) mass is 387 g/mol. The normalized spacial score (nSPS) is 21.0. The number of benzene rings is 1. The second-order valence-electron chi connectivity index (χ2n) is 7.30. The van der Waals surface area contributed by atoms with Gasteiger partial charge in [-0.25, -0.2) is 8.42 Å². The molecule has 1 aromatic carbocycles. The molecule has 7 heteroatoms. The Morgan fingerprint density at radius 3 is 2.37 bits per heavy atom. The van der Waals surface area contributed by atoms with E-state index in [1.165, 1.54) is 12.1 Å². The van der Waals surface area contributed by atoms with Crippen molar-refractivity contribution in [3.05, 3.63) is 59.9 Å². The smallest absolute Gasteiger partial charge is 0.251 e. The second-order valence-corrected chi connectivity index (χ2v) is 9.23. The SMILES string of the molecule is C[C@H]1C[C@H](C)CN(S(=O)(=O)c2ccc(C(=O)NCc3ccccn3)cc2)C1. The lowest BCUT2D eigenvalue weighted by Crippen LogP contribution is -2.42. The zero-order chi connectivity index (χ0) is 19.4. The number of nitrogens with one attached hydrogen (secondary N) is 1. The van der Waals surface area contributed by atoms with Crippen molar-refractivity contribution in [3.8, 4) is 0 Å². The van der Waals surface area contributed by atoms with Crippen LogP contribution in [0, 0.1) is 11.8 Å². The molecule has 2 heterocycles. The van der Waals surface area contributed by atoms with Gasteiger partial charge in [0.15, 0.2) is 0 Å². The van der Waals surface area contributed by atoms with Gasteiger partial charge in [0, 0.05) is 24.8 Å². The minimum absolute atomic E-state index is 0.227. The van der Waals surface area contributed by atoms with E-state index in [1.807, 2.05) is 18.2 Å². The number of carbonyl (C=O) groups excluding carboxylic acids is 1. The van der Waals surface area contributed by atoms with Crippen LogP contribution >= 0.6 is 0 Å². The fraction of sp³-hybridized carbons (Fsp3) is 0.400. The molecule has 2 atom stereocenters. The van der Waals surface area contributed by atoms with Gasteiger partial charge in [-0.1, -0.05) is 19.9 Å². The highest BCUT2D eigenvalue weighted by Gasteiger charge is 2.31. The third-order valence-electron chi connectivity index (χ3n) is 4.75. The number of carbonyl (C=O) groups is 1. The highest BCUT2D eigenvalue weighted by molar-refractivity contribution is 7.89. The molecule has 0 aliphatic carbocycles. The number of amides is 1. The largest absolute Gasteiger partial charge is 0.346 e. The molecule has 0 spiro atoms. The number of hydrogen-bond acceptors (Lipinski definition) is 4. The number of piperidine rings is 1. The first kappa shape index (κ1) is 19.5. The van der Waals surface area contributed by atoms with E-state index >= 15 is 0 Å². The molecule has 0 radical (unpaired) electrons. The topological polar surface area (TPSA) is 79.4 Å². The van der Waals surface area contributed by atoms with Crippen LogP contribution in [-0.2, 0) is 16.6 Å². The fourth-order valence-corrected chi connectivity index (χ4v) is 5.18. The predicted octanol–water partition coefficient (Wildman–Crippen LogP) is 2.68. The summed E-state index contributed by atoms with van der Waals surface area (Å²) < 4.78 is 27.3. The summed E-state index contributed by atoms with van der Waals surface area (Å²) in [6.45, 7) is 5.56. The molecule has 2 aromatic rings. The van der Waals surface area contributed by atoms with Gasteiger partial charge in [-0.15, -0.1) is 0 Å². The molecule has 0 bridgehead atoms. The van der Waals surface area contributed by atoms with Gasteiger partial charge in [-0.2, -0.15) is 4.31 Å². The molecule has 0 unspecified atom stereocenters. The summed E-state index contributed by atoms with van der Waals surface area (Å²) in [7, 11) is -3.53. The minimum Gasteiger partial charge on any atom is -0.346 e. The molecule has 1 amide bonds. The van der Waals surface area contributed by atoms with Crippen molar-refractivity contribution in [3.63, 3.8) is 0 Å². The molecule has 144 valence electrons. The van der Waals surface area contributed by atoms with Crippen molar-refractivity contribution < 1.29 is 13.2 Å². The van der Waals surface area contributed by atoms with Crippen LogP contribution < -0.4 is 5.32 Å². The average Bonchev–Trinajstić information content (AvgIpc) is 2.66. The van der Waals surface area contributed by atoms with Gasteiger partial charge < -0.3 is 5.32 Å². The number of hydrogen-bond donors (Lipinski definition) is 1. The first-order valence-corrected chi connectivity index (χ1v) is 10.6. The molecule has 1 N–H and O–H groups in total. The molecule has 1 aliphatic rings. The fourth-order valence-electron chi connectivity index (χ4n) is 3.50. The third kappa shape index (κ3) is 4.73. The van der Waals surface area contributed by atoms with E-state index in [-0.39, 0.29) is 10.8 Å². The Morgan fingerprint density at radius 1 is 1.11 bits per heavy atom. The molecule has 1 aliphatic heterocycles. The van der Waals surface area contributed by atoms with E-state index in [0.29, 0.717) is 37.0 Å². The number of aromatic nitrogens is 1. The Balaban J connectivity index is 1.68. The van der Waals surface area contributed by atoms with Crippen molar-refractivity contribution in [1.29, 1.82) is 0 Å². The van der Waals surface area contributed by atoms with E-state index < -0.39 is 10.0 Å². The quantitative estimate of drug-likeness (QED) is 0.855. The van der Waals surface area contributed by atoms with Crippen LogP contribution in [0.3, 0.4) is 0 Å². The van der Waals surface area contributed by atoms with E-state index in [4.69, 9.17) is 0 Å². The Morgan fingerprint density at radius 2 is 1.78 bits per heavy atom. The molecule has 1 saturated heterocycles. The van der Waals surface area contributed by atoms with Crippen LogP contribution in [0.1, 0.15) is 36.3 Å². The summed E-state index contributed by atoms with van der Waals surface area (Å²) in [5, 5.41) is 2.79. The van der Waals surface area contributed by atoms with Crippen LogP contribution in [0.2, 0.25) is 0 Å². The van der Waals surface area contributed by atoms with Crippen LogP contribution in [0.25, 0.3) is 0 Å². The molecule has 6 nitrogen and oxygen atoms in total. The summed E-state index contributed by atoms with van der Waals surface area (Å²) in [4.78, 5) is 16.6. The van der Waals surface area contributed by atoms with Gasteiger partial charge in [0.25, 0.3) is 5.91 Å². The standard InChI is InChI=1S/C20H25N3O3S/c1-15-11-16(2)14-23(13-15)27(25,26)19-8-6-17(7-9-19)20(24)22-12-18-5-3-4-10-21-18/h3-10,15-16H,11-14H2,1-2H3,(H,22,24)/t15-,16-/m0/s1. The zero-order valence-electron chi connectivity index (χ0n) is 15.6. The zero-order valence-corrected chi connectivity index (χ0v) is 16.4. The van der Waals surface area contributed by atoms with Gasteiger partial charge in [-0.05, 0) is 54.7 Å². The summed E-state index contributed by atoms with van der Waals surface area (Å²) in [5.74, 6) is 0.435. The summed E-state index contributed by atoms with van der Waals surface area (Å²) in [6.07, 6.45) is 2.71. The molecular weight excluding hydrogens is 362 g/mol. The van der Waals surface area contributed by atoms with Gasteiger partial charge in [-0.3, -0.25) is 9.78 Å². The lowest BCUT2D eigenvalue weighted by atomic mass is 9.94. The van der Waals surface area contributed by atoms with Crippen molar-refractivity contribution in [2.75, 3.05) is 13.1 Å². The summed E-state index contributed by atoms with van der Waals surface area (Å²) in [6, 6.07) is 11.6. The highest BCUT2D eigenvalue weighted by atomic mass is 32.2. The molecular formula is C20H25N3O3S. The van der Waals surface area contributed by atoms with Gasteiger partial charge in [0.1, 0.15) is 0 Å². The Hall–Kier alpha value is -2.25. The lowest BCUT2D eigenvalue weighted by molar-refractivity contribution is 0.0950. The number of nitrogens with zero attached hydrogens (tertiary/aromatic N) is 2. The Bertz CT molecular complexity index is 872. The molecule has 1 aromatic heterocycles. The Labute approximate surface area is 160 Å². The maximum absolute atomic E-state index is 12.9. The maximum Gasteiger partial charge on any atom is 0.251 e. The van der Waals surface area contributed by atoms with Crippen molar-refractivity contribution in [2.45, 2.75) is 31.7 Å². The maximum atomic E-state index is 12.9. The van der Waals surface area contributed by atoms with Gasteiger partial charge in [0.2, 0.25) is 10.0 Å². The molecule has 1 fully saturated rings. The molecule has 27 heavy (non-hydrogen) atoms. The van der Waals surface area contributed by atoms with Gasteiger partial charge >= 0.3 is 0 Å². The lowest BCUT2D eigenvalue weighted by Gasteiger charge is -2.34. The van der Waals surface area contributed by atoms with E-state index in [9.17, 15) is 13.2 Å². The van der Waals surface area contributed by atoms with Crippen LogP contribution in [0.4, 0.5) is 0 Å². The highest BCUT2D eigenvalue weighted by Crippen LogP contribution is 2.26. The van der Waals surface area contributed by atoms with E-state index in [2.05, 4.69) is 24.1 Å². The average molecular weight is 388 g/mol. The van der Waals surface area contributed by atoms with E-state index in [1.54, 1.807) is 22.6 Å². The third-order valence-corrected chi connectivity index (χ3v) is 6.59. The first-order valence-electron chi connectivity index (χ1n) is 9.14. The number of sulfonamides is 1. The molecule has 3 rings (SSSR count). The number of rotatable bonds is 5. The minimum atomic E-state index is -3.53. The van der Waals surface area contributed by atoms with Crippen LogP contribution in [0.5, 0.6) is 0 Å². The second kappa shape index (κ2) is 8.19. The summed E-state index contributed by atoms with van der Waals surface area (Å²) >= 11 is 0. The van der Waals surface area contributed by atoms with Gasteiger partial charge in [0.05, 0.1) is 17.1 Å². The van der Waals surface area contributed by atoms with Crippen molar-refractivity contribution in [2.24, 2.45) is 11.8 Å². The number of pyridine rings is 1. The predicted molar refractivity (Wildman–Crippen MR) is 104 cm³/mol. The summed E-state index contributed by atoms with van der Waals surface area (Å²) in [5.41, 5.74) is 1.18. The van der Waals surface area contributed by atoms with Crippen LogP contribution in [-0.4, -0.2) is 36.7 Å². The first-order chi connectivity index (χ1) is 12.9. The van der Waals surface area contributed by atoms with Crippen LogP contribution in [0.15, 0.2) is 53.6 Å². The van der Waals surface area contributed by atoms with Crippen molar-refractivity contribution >= 4 is 15.9 Å². The molecule has 0 saturated carbocycles.